The van der Waals surface area contributed by atoms with Crippen LogP contribution in [0, 0.1) is 11.8 Å². The molecule has 1 heterocycles. The third kappa shape index (κ3) is 5.02. The van der Waals surface area contributed by atoms with Gasteiger partial charge in [0.1, 0.15) is 5.76 Å². The van der Waals surface area contributed by atoms with E-state index in [1.165, 1.54) is 32.1 Å². The van der Waals surface area contributed by atoms with Crippen molar-refractivity contribution in [3.05, 3.63) is 24.2 Å². The highest BCUT2D eigenvalue weighted by Gasteiger charge is 2.23. The maximum atomic E-state index is 5.43. The van der Waals surface area contributed by atoms with E-state index in [9.17, 15) is 0 Å². The molecule has 3 atom stereocenters. The number of nitrogens with one attached hydrogen (secondary N) is 1. The van der Waals surface area contributed by atoms with Gasteiger partial charge >= 0.3 is 0 Å². The number of rotatable bonds is 6. The van der Waals surface area contributed by atoms with Gasteiger partial charge in [0.2, 0.25) is 0 Å². The first-order chi connectivity index (χ1) is 9.13. The zero-order valence-corrected chi connectivity index (χ0v) is 12.7. The summed E-state index contributed by atoms with van der Waals surface area (Å²) in [4.78, 5) is 0. The van der Waals surface area contributed by atoms with Gasteiger partial charge in [0, 0.05) is 18.5 Å². The highest BCUT2D eigenvalue weighted by Crippen LogP contribution is 2.29. The standard InChI is InChI=1S/C17H29NO/c1-13(2)10-15-6-4-7-16(12-15)18-14(3)11-17-8-5-9-19-17/h5,8-9,13-16,18H,4,6-7,10-12H2,1-3H3. The van der Waals surface area contributed by atoms with E-state index in [0.29, 0.717) is 12.1 Å². The van der Waals surface area contributed by atoms with Crippen molar-refractivity contribution in [3.8, 4) is 0 Å². The largest absolute Gasteiger partial charge is 0.469 e. The summed E-state index contributed by atoms with van der Waals surface area (Å²) < 4.78 is 5.43. The highest BCUT2D eigenvalue weighted by atomic mass is 16.3. The Morgan fingerprint density at radius 2 is 2.16 bits per heavy atom. The molecule has 0 aliphatic heterocycles. The van der Waals surface area contributed by atoms with Gasteiger partial charge in [-0.25, -0.2) is 0 Å². The molecule has 2 heteroatoms. The molecule has 0 aromatic carbocycles. The lowest BCUT2D eigenvalue weighted by Crippen LogP contribution is -2.40. The van der Waals surface area contributed by atoms with E-state index < -0.39 is 0 Å². The lowest BCUT2D eigenvalue weighted by molar-refractivity contribution is 0.240. The Labute approximate surface area is 118 Å². The Morgan fingerprint density at radius 1 is 1.32 bits per heavy atom. The van der Waals surface area contributed by atoms with Crippen molar-refractivity contribution >= 4 is 0 Å². The fraction of sp³-hybridized carbons (Fsp3) is 0.765. The van der Waals surface area contributed by atoms with E-state index in [0.717, 1.165) is 24.0 Å². The minimum Gasteiger partial charge on any atom is -0.469 e. The molecular weight excluding hydrogens is 234 g/mol. The van der Waals surface area contributed by atoms with Gasteiger partial charge in [-0.15, -0.1) is 0 Å². The van der Waals surface area contributed by atoms with Crippen molar-refractivity contribution in [2.45, 2.75) is 71.4 Å². The second-order valence-corrected chi connectivity index (χ2v) is 6.71. The average Bonchev–Trinajstić information content (AvgIpc) is 2.81. The molecule has 0 spiro atoms. The van der Waals surface area contributed by atoms with Crippen LogP contribution in [0.1, 0.15) is 58.6 Å². The molecule has 2 nitrogen and oxygen atoms in total. The minimum atomic E-state index is 0.508. The summed E-state index contributed by atoms with van der Waals surface area (Å²) in [6.07, 6.45) is 9.69. The first-order valence-corrected chi connectivity index (χ1v) is 7.92. The Balaban J connectivity index is 1.75. The van der Waals surface area contributed by atoms with Crippen molar-refractivity contribution < 1.29 is 4.42 Å². The molecule has 1 fully saturated rings. The third-order valence-corrected chi connectivity index (χ3v) is 4.20. The normalized spacial score (nSPS) is 25.7. The van der Waals surface area contributed by atoms with Crippen LogP contribution in [-0.2, 0) is 6.42 Å². The van der Waals surface area contributed by atoms with Crippen molar-refractivity contribution in [1.82, 2.24) is 5.32 Å². The third-order valence-electron chi connectivity index (χ3n) is 4.20. The van der Waals surface area contributed by atoms with E-state index in [2.05, 4.69) is 32.2 Å². The van der Waals surface area contributed by atoms with E-state index in [4.69, 9.17) is 4.42 Å². The van der Waals surface area contributed by atoms with Crippen molar-refractivity contribution in [3.63, 3.8) is 0 Å². The van der Waals surface area contributed by atoms with Crippen LogP contribution < -0.4 is 5.32 Å². The molecule has 0 saturated heterocycles. The van der Waals surface area contributed by atoms with Crippen LogP contribution in [0.25, 0.3) is 0 Å². The topological polar surface area (TPSA) is 25.2 Å². The monoisotopic (exact) mass is 263 g/mol. The summed E-state index contributed by atoms with van der Waals surface area (Å²) in [5.74, 6) is 2.86. The number of hydrogen-bond acceptors (Lipinski definition) is 2. The van der Waals surface area contributed by atoms with Gasteiger partial charge in [0.05, 0.1) is 6.26 Å². The molecule has 2 rings (SSSR count). The molecule has 1 aliphatic carbocycles. The summed E-state index contributed by atoms with van der Waals surface area (Å²) in [6, 6.07) is 5.26. The SMILES string of the molecule is CC(C)CC1CCCC(NC(C)Cc2ccco2)C1. The zero-order valence-electron chi connectivity index (χ0n) is 12.7. The van der Waals surface area contributed by atoms with Gasteiger partial charge in [0.15, 0.2) is 0 Å². The van der Waals surface area contributed by atoms with Crippen LogP contribution in [-0.4, -0.2) is 12.1 Å². The van der Waals surface area contributed by atoms with Crippen molar-refractivity contribution in [2.75, 3.05) is 0 Å². The lowest BCUT2D eigenvalue weighted by Gasteiger charge is -2.32. The van der Waals surface area contributed by atoms with Gasteiger partial charge in [-0.05, 0) is 50.2 Å². The van der Waals surface area contributed by atoms with Crippen molar-refractivity contribution in [2.24, 2.45) is 11.8 Å². The fourth-order valence-electron chi connectivity index (χ4n) is 3.51. The Kier molecular flexibility index (Phi) is 5.50. The van der Waals surface area contributed by atoms with Crippen LogP contribution >= 0.6 is 0 Å². The van der Waals surface area contributed by atoms with Crippen LogP contribution in [0.15, 0.2) is 22.8 Å². The molecule has 1 N–H and O–H groups in total. The fourth-order valence-corrected chi connectivity index (χ4v) is 3.51. The van der Waals surface area contributed by atoms with Gasteiger partial charge < -0.3 is 9.73 Å². The second-order valence-electron chi connectivity index (χ2n) is 6.71. The Hall–Kier alpha value is -0.760. The first-order valence-electron chi connectivity index (χ1n) is 7.92. The average molecular weight is 263 g/mol. The molecular formula is C17H29NO. The molecule has 0 bridgehead atoms. The predicted molar refractivity (Wildman–Crippen MR) is 80.2 cm³/mol. The zero-order chi connectivity index (χ0) is 13.7. The van der Waals surface area contributed by atoms with Gasteiger partial charge in [-0.1, -0.05) is 26.7 Å². The molecule has 3 unspecified atom stereocenters. The molecule has 0 radical (unpaired) electrons. The highest BCUT2D eigenvalue weighted by molar-refractivity contribution is 5.00. The lowest BCUT2D eigenvalue weighted by atomic mass is 9.81. The van der Waals surface area contributed by atoms with Gasteiger partial charge in [-0.3, -0.25) is 0 Å². The second kappa shape index (κ2) is 7.14. The summed E-state index contributed by atoms with van der Waals surface area (Å²) in [6.45, 7) is 6.96. The number of furan rings is 1. The van der Waals surface area contributed by atoms with Crippen LogP contribution in [0.4, 0.5) is 0 Å². The van der Waals surface area contributed by atoms with Crippen molar-refractivity contribution in [1.29, 1.82) is 0 Å². The quantitative estimate of drug-likeness (QED) is 0.822. The molecule has 1 aliphatic rings. The van der Waals surface area contributed by atoms with E-state index >= 15 is 0 Å². The summed E-state index contributed by atoms with van der Waals surface area (Å²) >= 11 is 0. The van der Waals surface area contributed by atoms with E-state index in [-0.39, 0.29) is 0 Å². The summed E-state index contributed by atoms with van der Waals surface area (Å²) in [7, 11) is 0. The van der Waals surface area contributed by atoms with E-state index in [1.54, 1.807) is 6.26 Å². The van der Waals surface area contributed by atoms with Gasteiger partial charge in [0.25, 0.3) is 0 Å². The first kappa shape index (κ1) is 14.6. The number of hydrogen-bond donors (Lipinski definition) is 1. The Bertz CT molecular complexity index is 344. The van der Waals surface area contributed by atoms with Gasteiger partial charge in [-0.2, -0.15) is 0 Å². The molecule has 1 aromatic heterocycles. The molecule has 1 saturated carbocycles. The summed E-state index contributed by atoms with van der Waals surface area (Å²) in [5, 5.41) is 3.80. The van der Waals surface area contributed by atoms with Crippen LogP contribution in [0.2, 0.25) is 0 Å². The van der Waals surface area contributed by atoms with E-state index in [1.807, 2.05) is 6.07 Å². The smallest absolute Gasteiger partial charge is 0.105 e. The van der Waals surface area contributed by atoms with Crippen LogP contribution in [0.5, 0.6) is 0 Å². The minimum absolute atomic E-state index is 0.508. The maximum absolute atomic E-state index is 5.43. The van der Waals surface area contributed by atoms with Crippen LogP contribution in [0.3, 0.4) is 0 Å². The predicted octanol–water partition coefficient (Wildman–Crippen LogP) is 4.41. The molecule has 19 heavy (non-hydrogen) atoms. The molecule has 108 valence electrons. The molecule has 1 aromatic rings. The maximum Gasteiger partial charge on any atom is 0.105 e. The Morgan fingerprint density at radius 3 is 2.84 bits per heavy atom. The summed E-state index contributed by atoms with van der Waals surface area (Å²) in [5.41, 5.74) is 0. The molecule has 0 amide bonds.